The second-order valence-corrected chi connectivity index (χ2v) is 17.4. The second-order valence-electron chi connectivity index (χ2n) is 17.4. The Balaban J connectivity index is 1.37. The van der Waals surface area contributed by atoms with Crippen molar-refractivity contribution in [3.63, 3.8) is 0 Å². The summed E-state index contributed by atoms with van der Waals surface area (Å²) in [7, 11) is 0. The summed E-state index contributed by atoms with van der Waals surface area (Å²) in [5.74, 6) is 1.29. The first kappa shape index (κ1) is 35.7. The Labute approximate surface area is 270 Å². The average Bonchev–Trinajstić information content (AvgIpc) is 3.23. The van der Waals surface area contributed by atoms with Crippen molar-refractivity contribution in [2.45, 2.75) is 161 Å². The molecule has 0 aromatic carbocycles. The molecule has 9 heteroatoms. The first-order valence-corrected chi connectivity index (χ1v) is 17.5. The number of allylic oxidation sites excluding steroid dienone is 1. The molecule has 0 bridgehead atoms. The lowest BCUT2D eigenvalue weighted by Gasteiger charge is -2.67. The van der Waals surface area contributed by atoms with E-state index in [0.717, 1.165) is 38.5 Å². The summed E-state index contributed by atoms with van der Waals surface area (Å²) in [6.07, 6.45) is 1.08. The molecule has 45 heavy (non-hydrogen) atoms. The van der Waals surface area contributed by atoms with E-state index in [0.29, 0.717) is 30.6 Å². The highest BCUT2D eigenvalue weighted by Crippen LogP contribution is 2.75. The number of ether oxygens (including phenoxy) is 2. The Hall–Kier alpha value is -0.620. The van der Waals surface area contributed by atoms with E-state index in [1.165, 1.54) is 5.57 Å². The maximum absolute atomic E-state index is 12.2. The molecule has 15 atom stereocenters. The number of fused-ring (bicyclic) bond motifs is 5. The standard InChI is InChI=1S/C36H62O9/c1-19(9-13-25(38)33(4,5)43)20-15-16-34(6)24-12-10-21-22(36(24,8)26(39)17-35(20,34)7)11-14-27(32(21,2)3)45-31-30(42)29(41)28(40)23(18-37)44-31/h10,19-20,22-31,37-43H,9,11-18H2,1-8H3/t19-,20-,22+,23-,24?,25-,26+,27-,28-,29+,30-,31+,34+,35-,36-/m0/s1. The van der Waals surface area contributed by atoms with E-state index >= 15 is 0 Å². The summed E-state index contributed by atoms with van der Waals surface area (Å²) in [6, 6.07) is 0. The minimum atomic E-state index is -1.48. The van der Waals surface area contributed by atoms with Crippen molar-refractivity contribution in [1.29, 1.82) is 0 Å². The molecule has 1 aliphatic heterocycles. The van der Waals surface area contributed by atoms with E-state index in [-0.39, 0.29) is 28.3 Å². The fraction of sp³-hybridized carbons (Fsp3) is 0.944. The van der Waals surface area contributed by atoms with Crippen LogP contribution in [0.15, 0.2) is 11.6 Å². The van der Waals surface area contributed by atoms with Gasteiger partial charge in [-0.3, -0.25) is 0 Å². The van der Waals surface area contributed by atoms with Crippen LogP contribution in [-0.4, -0.2) is 97.0 Å². The highest BCUT2D eigenvalue weighted by Gasteiger charge is 2.70. The van der Waals surface area contributed by atoms with Crippen molar-refractivity contribution in [3.8, 4) is 0 Å². The van der Waals surface area contributed by atoms with Gasteiger partial charge in [-0.1, -0.05) is 53.2 Å². The van der Waals surface area contributed by atoms with Gasteiger partial charge in [0.2, 0.25) is 0 Å². The van der Waals surface area contributed by atoms with Crippen LogP contribution in [0.5, 0.6) is 0 Å². The third-order valence-electron chi connectivity index (χ3n) is 14.5. The van der Waals surface area contributed by atoms with E-state index in [9.17, 15) is 35.7 Å². The van der Waals surface area contributed by atoms with Crippen LogP contribution >= 0.6 is 0 Å². The molecule has 7 N–H and O–H groups in total. The van der Waals surface area contributed by atoms with Crippen LogP contribution < -0.4 is 0 Å². The number of hydrogen-bond acceptors (Lipinski definition) is 9. The summed E-state index contributed by atoms with van der Waals surface area (Å²) >= 11 is 0. The monoisotopic (exact) mass is 638 g/mol. The molecule has 4 aliphatic carbocycles. The second kappa shape index (κ2) is 12.1. The van der Waals surface area contributed by atoms with Crippen LogP contribution in [0.1, 0.15) is 107 Å². The molecule has 9 nitrogen and oxygen atoms in total. The third kappa shape index (κ3) is 5.48. The minimum absolute atomic E-state index is 0.0417. The largest absolute Gasteiger partial charge is 0.394 e. The van der Waals surface area contributed by atoms with Gasteiger partial charge in [-0.15, -0.1) is 0 Å². The molecular weight excluding hydrogens is 576 g/mol. The molecule has 4 fully saturated rings. The Morgan fingerprint density at radius 1 is 0.956 bits per heavy atom. The van der Waals surface area contributed by atoms with Gasteiger partial charge in [0.1, 0.15) is 24.4 Å². The lowest BCUT2D eigenvalue weighted by atomic mass is 9.38. The van der Waals surface area contributed by atoms with Crippen LogP contribution in [0.4, 0.5) is 0 Å². The Morgan fingerprint density at radius 3 is 2.24 bits per heavy atom. The number of aliphatic hydroxyl groups excluding tert-OH is 6. The maximum atomic E-state index is 12.2. The Morgan fingerprint density at radius 2 is 1.62 bits per heavy atom. The minimum Gasteiger partial charge on any atom is -0.394 e. The van der Waals surface area contributed by atoms with Gasteiger partial charge < -0.3 is 45.2 Å². The average molecular weight is 639 g/mol. The van der Waals surface area contributed by atoms with Gasteiger partial charge in [-0.05, 0) is 99.7 Å². The number of hydrogen-bond donors (Lipinski definition) is 7. The fourth-order valence-corrected chi connectivity index (χ4v) is 11.2. The summed E-state index contributed by atoms with van der Waals surface area (Å²) in [5.41, 5.74) is -0.568. The van der Waals surface area contributed by atoms with Gasteiger partial charge in [0.25, 0.3) is 0 Å². The summed E-state index contributed by atoms with van der Waals surface area (Å²) < 4.78 is 12.1. The molecule has 0 radical (unpaired) electrons. The van der Waals surface area contributed by atoms with E-state index in [1.54, 1.807) is 13.8 Å². The van der Waals surface area contributed by atoms with Gasteiger partial charge in [0.05, 0.1) is 30.5 Å². The highest BCUT2D eigenvalue weighted by atomic mass is 16.7. The van der Waals surface area contributed by atoms with Gasteiger partial charge in [0.15, 0.2) is 6.29 Å². The smallest absolute Gasteiger partial charge is 0.187 e. The van der Waals surface area contributed by atoms with Crippen LogP contribution in [0, 0.1) is 45.3 Å². The van der Waals surface area contributed by atoms with E-state index < -0.39 is 60.5 Å². The van der Waals surface area contributed by atoms with Crippen molar-refractivity contribution in [2.24, 2.45) is 45.3 Å². The van der Waals surface area contributed by atoms with Crippen LogP contribution in [-0.2, 0) is 9.47 Å². The van der Waals surface area contributed by atoms with E-state index in [1.807, 2.05) is 0 Å². The molecule has 3 saturated carbocycles. The lowest BCUT2D eigenvalue weighted by Crippen LogP contribution is -2.65. The number of rotatable bonds is 8. The predicted molar refractivity (Wildman–Crippen MR) is 170 cm³/mol. The molecule has 5 aliphatic rings. The third-order valence-corrected chi connectivity index (χ3v) is 14.5. The highest BCUT2D eigenvalue weighted by molar-refractivity contribution is 5.31. The predicted octanol–water partition coefficient (Wildman–Crippen LogP) is 3.30. The first-order valence-electron chi connectivity index (χ1n) is 17.5. The molecule has 0 spiro atoms. The zero-order chi connectivity index (χ0) is 33.5. The molecule has 1 unspecified atom stereocenters. The van der Waals surface area contributed by atoms with Crippen LogP contribution in [0.2, 0.25) is 0 Å². The lowest BCUT2D eigenvalue weighted by molar-refractivity contribution is -0.320. The molecule has 5 rings (SSSR count). The summed E-state index contributed by atoms with van der Waals surface area (Å²) in [4.78, 5) is 0. The van der Waals surface area contributed by atoms with E-state index in [2.05, 4.69) is 47.6 Å². The zero-order valence-corrected chi connectivity index (χ0v) is 28.8. The normalized spacial score (nSPS) is 49.4. The first-order chi connectivity index (χ1) is 20.7. The zero-order valence-electron chi connectivity index (χ0n) is 28.8. The van der Waals surface area contributed by atoms with Gasteiger partial charge in [-0.2, -0.15) is 0 Å². The van der Waals surface area contributed by atoms with Crippen molar-refractivity contribution in [2.75, 3.05) is 6.61 Å². The van der Waals surface area contributed by atoms with Crippen molar-refractivity contribution in [1.82, 2.24) is 0 Å². The molecule has 1 saturated heterocycles. The van der Waals surface area contributed by atoms with Crippen molar-refractivity contribution >= 4 is 0 Å². The Kier molecular flexibility index (Phi) is 9.56. The molecule has 0 aromatic heterocycles. The van der Waals surface area contributed by atoms with Gasteiger partial charge in [-0.25, -0.2) is 0 Å². The van der Waals surface area contributed by atoms with Gasteiger partial charge in [0, 0.05) is 10.8 Å². The summed E-state index contributed by atoms with van der Waals surface area (Å²) in [6.45, 7) is 16.6. The Bertz CT molecular complexity index is 1100. The SMILES string of the molecule is C[C@@H](CC[C@H](O)C(C)(C)O)[C@@H]1CC[C@]2(C)C3CC=C4[C@@H](CC[C@H](O[C@H]5O[C@@H](CO)[C@H](O)[C@@H](O)[C@@H]5O)C4(C)C)[C@]3(C)[C@H](O)C[C@@]12C. The topological polar surface area (TPSA) is 160 Å². The van der Waals surface area contributed by atoms with Gasteiger partial charge >= 0.3 is 0 Å². The van der Waals surface area contributed by atoms with Crippen LogP contribution in [0.3, 0.4) is 0 Å². The van der Waals surface area contributed by atoms with Crippen molar-refractivity contribution in [3.05, 3.63) is 11.6 Å². The molecular formula is C36H62O9. The molecule has 0 amide bonds. The van der Waals surface area contributed by atoms with E-state index in [4.69, 9.17) is 9.47 Å². The maximum Gasteiger partial charge on any atom is 0.187 e. The quantitative estimate of drug-likeness (QED) is 0.198. The molecule has 260 valence electrons. The van der Waals surface area contributed by atoms with Crippen LogP contribution in [0.25, 0.3) is 0 Å². The molecule has 0 aromatic rings. The number of aliphatic hydroxyl groups is 7. The fourth-order valence-electron chi connectivity index (χ4n) is 11.2. The summed E-state index contributed by atoms with van der Waals surface area (Å²) in [5, 5.41) is 73.9. The van der Waals surface area contributed by atoms with Crippen molar-refractivity contribution < 1.29 is 45.2 Å². The molecule has 1 heterocycles.